The number of carbonyl (C=O) groups is 2. The molecular formula is C21H22F2N6O3. The first-order chi connectivity index (χ1) is 15.3. The Labute approximate surface area is 182 Å². The molecule has 4 rings (SSSR count). The number of aromatic nitrogens is 5. The number of ether oxygens (including phenoxy) is 1. The molecule has 2 aromatic heterocycles. The topological polar surface area (TPSA) is 95.1 Å². The van der Waals surface area contributed by atoms with Crippen molar-refractivity contribution >= 4 is 11.9 Å². The van der Waals surface area contributed by atoms with Crippen LogP contribution in [-0.2, 0) is 16.0 Å². The normalized spacial score (nSPS) is 15.9. The molecule has 1 fully saturated rings. The van der Waals surface area contributed by atoms with Crippen LogP contribution in [0.5, 0.6) is 0 Å². The lowest BCUT2D eigenvalue weighted by Crippen LogP contribution is -2.30. The molecule has 1 aliphatic rings. The average Bonchev–Trinajstić information content (AvgIpc) is 3.49. The van der Waals surface area contributed by atoms with Crippen LogP contribution in [0.15, 0.2) is 24.4 Å². The summed E-state index contributed by atoms with van der Waals surface area (Å²) in [6.45, 7) is 4.48. The number of rotatable bonds is 5. The highest BCUT2D eigenvalue weighted by atomic mass is 19.1. The van der Waals surface area contributed by atoms with Crippen molar-refractivity contribution in [3.63, 3.8) is 0 Å². The molecule has 0 N–H and O–H groups in total. The zero-order valence-corrected chi connectivity index (χ0v) is 17.9. The first-order valence-electron chi connectivity index (χ1n) is 10.1. The van der Waals surface area contributed by atoms with E-state index in [0.29, 0.717) is 36.5 Å². The Balaban J connectivity index is 1.47. The zero-order chi connectivity index (χ0) is 23.0. The maximum atomic E-state index is 14.2. The molecule has 1 aliphatic heterocycles. The van der Waals surface area contributed by atoms with Crippen LogP contribution in [0.4, 0.5) is 8.78 Å². The maximum Gasteiger partial charge on any atom is 0.360 e. The van der Waals surface area contributed by atoms with Crippen molar-refractivity contribution in [2.75, 3.05) is 20.2 Å². The Hall–Kier alpha value is -3.63. The van der Waals surface area contributed by atoms with E-state index in [-0.39, 0.29) is 29.8 Å². The number of esters is 1. The van der Waals surface area contributed by atoms with Gasteiger partial charge in [0.25, 0.3) is 0 Å². The lowest BCUT2D eigenvalue weighted by molar-refractivity contribution is -0.129. The zero-order valence-electron chi connectivity index (χ0n) is 17.9. The monoisotopic (exact) mass is 444 g/mol. The number of amides is 1. The number of aryl methyl sites for hydroxylation is 1. The Bertz CT molecular complexity index is 1190. The van der Waals surface area contributed by atoms with Crippen molar-refractivity contribution in [1.82, 2.24) is 29.7 Å². The molecule has 9 nitrogen and oxygen atoms in total. The third-order valence-corrected chi connectivity index (χ3v) is 5.70. The summed E-state index contributed by atoms with van der Waals surface area (Å²) in [5, 5.41) is 12.1. The molecular weight excluding hydrogens is 422 g/mol. The predicted octanol–water partition coefficient (Wildman–Crippen LogP) is 2.16. The minimum Gasteiger partial charge on any atom is -0.464 e. The van der Waals surface area contributed by atoms with Gasteiger partial charge in [0.05, 0.1) is 31.5 Å². The number of nitrogens with zero attached hydrogens (tertiary/aromatic N) is 6. The number of hydrogen-bond acceptors (Lipinski definition) is 6. The average molecular weight is 444 g/mol. The van der Waals surface area contributed by atoms with Crippen LogP contribution in [0.1, 0.15) is 39.9 Å². The van der Waals surface area contributed by atoms with Gasteiger partial charge in [0.2, 0.25) is 5.91 Å². The van der Waals surface area contributed by atoms with Crippen LogP contribution >= 0.6 is 0 Å². The number of carbonyl (C=O) groups excluding carboxylic acids is 2. The van der Waals surface area contributed by atoms with Crippen LogP contribution in [0.3, 0.4) is 0 Å². The highest BCUT2D eigenvalue weighted by Crippen LogP contribution is 2.25. The number of likely N-dealkylation sites (tertiary alicyclic amines) is 1. The molecule has 0 spiro atoms. The summed E-state index contributed by atoms with van der Waals surface area (Å²) in [5.41, 5.74) is 2.17. The van der Waals surface area contributed by atoms with Gasteiger partial charge in [-0.2, -0.15) is 5.10 Å². The van der Waals surface area contributed by atoms with E-state index < -0.39 is 17.6 Å². The second-order valence-electron chi connectivity index (χ2n) is 7.69. The third kappa shape index (κ3) is 3.97. The highest BCUT2D eigenvalue weighted by molar-refractivity contribution is 5.86. The number of benzene rings is 1. The summed E-state index contributed by atoms with van der Waals surface area (Å²) < 4.78 is 35.1. The molecule has 3 aromatic rings. The Morgan fingerprint density at radius 2 is 2.03 bits per heavy atom. The van der Waals surface area contributed by atoms with Crippen molar-refractivity contribution in [2.45, 2.75) is 32.7 Å². The molecule has 0 aliphatic carbocycles. The van der Waals surface area contributed by atoms with Gasteiger partial charge in [0.15, 0.2) is 11.5 Å². The minimum atomic E-state index is -0.727. The molecule has 168 valence electrons. The van der Waals surface area contributed by atoms with E-state index in [4.69, 9.17) is 0 Å². The fourth-order valence-corrected chi connectivity index (χ4v) is 3.92. The Morgan fingerprint density at radius 1 is 1.25 bits per heavy atom. The summed E-state index contributed by atoms with van der Waals surface area (Å²) in [5.74, 6) is -2.05. The van der Waals surface area contributed by atoms with Gasteiger partial charge in [-0.05, 0) is 32.4 Å². The van der Waals surface area contributed by atoms with E-state index in [1.54, 1.807) is 23.4 Å². The first-order valence-corrected chi connectivity index (χ1v) is 10.1. The number of hydrogen-bond donors (Lipinski definition) is 0. The smallest absolute Gasteiger partial charge is 0.360 e. The van der Waals surface area contributed by atoms with Gasteiger partial charge in [0, 0.05) is 30.4 Å². The van der Waals surface area contributed by atoms with Gasteiger partial charge < -0.3 is 9.64 Å². The lowest BCUT2D eigenvalue weighted by atomic mass is 10.1. The molecule has 1 atom stereocenters. The fourth-order valence-electron chi connectivity index (χ4n) is 3.92. The second-order valence-corrected chi connectivity index (χ2v) is 7.69. The number of halogens is 2. The van der Waals surface area contributed by atoms with Crippen LogP contribution in [-0.4, -0.2) is 61.8 Å². The van der Waals surface area contributed by atoms with E-state index in [2.05, 4.69) is 20.1 Å². The van der Waals surface area contributed by atoms with Gasteiger partial charge in [-0.3, -0.25) is 4.79 Å². The molecule has 32 heavy (non-hydrogen) atoms. The largest absolute Gasteiger partial charge is 0.464 e. The van der Waals surface area contributed by atoms with Crippen LogP contribution in [0.25, 0.3) is 5.69 Å². The van der Waals surface area contributed by atoms with Crippen LogP contribution in [0, 0.1) is 25.5 Å². The molecule has 1 amide bonds. The van der Waals surface area contributed by atoms with Crippen molar-refractivity contribution < 1.29 is 23.1 Å². The van der Waals surface area contributed by atoms with Gasteiger partial charge in [-0.1, -0.05) is 5.21 Å². The van der Waals surface area contributed by atoms with Crippen LogP contribution in [0.2, 0.25) is 0 Å². The van der Waals surface area contributed by atoms with Crippen molar-refractivity contribution in [1.29, 1.82) is 0 Å². The third-order valence-electron chi connectivity index (χ3n) is 5.70. The predicted molar refractivity (Wildman–Crippen MR) is 108 cm³/mol. The fraction of sp³-hybridized carbons (Fsp3) is 0.381. The van der Waals surface area contributed by atoms with Gasteiger partial charge in [-0.25, -0.2) is 22.9 Å². The van der Waals surface area contributed by atoms with E-state index in [1.807, 2.05) is 0 Å². The van der Waals surface area contributed by atoms with E-state index in [0.717, 1.165) is 6.07 Å². The Morgan fingerprint density at radius 3 is 2.75 bits per heavy atom. The molecule has 3 heterocycles. The standard InChI is InChI=1S/C21H22F2N6O3/c1-12-16(13(2)29(25-12)19-5-4-14(22)8-17(19)23)9-20(30)27-7-6-15(10-27)28-11-18(24-26-28)21(31)32-3/h4-5,8,11,15H,6-7,9-10H2,1-3H3. The minimum absolute atomic E-state index is 0.0915. The van der Waals surface area contributed by atoms with E-state index in [9.17, 15) is 18.4 Å². The molecule has 11 heteroatoms. The summed E-state index contributed by atoms with van der Waals surface area (Å²) >= 11 is 0. The molecule has 0 saturated carbocycles. The lowest BCUT2D eigenvalue weighted by Gasteiger charge is -2.16. The molecule has 1 saturated heterocycles. The van der Waals surface area contributed by atoms with Crippen LogP contribution < -0.4 is 0 Å². The quantitative estimate of drug-likeness (QED) is 0.560. The van der Waals surface area contributed by atoms with Gasteiger partial charge in [0.1, 0.15) is 11.5 Å². The summed E-state index contributed by atoms with van der Waals surface area (Å²) in [7, 11) is 1.27. The van der Waals surface area contributed by atoms with Gasteiger partial charge >= 0.3 is 5.97 Å². The van der Waals surface area contributed by atoms with Crippen molar-refractivity contribution in [3.05, 3.63) is 58.7 Å². The molecule has 0 radical (unpaired) electrons. The van der Waals surface area contributed by atoms with E-state index in [1.165, 1.54) is 30.1 Å². The second kappa shape index (κ2) is 8.48. The van der Waals surface area contributed by atoms with E-state index >= 15 is 0 Å². The molecule has 1 unspecified atom stereocenters. The SMILES string of the molecule is COC(=O)c1cn(C2CCN(C(=O)Cc3c(C)nn(-c4ccc(F)cc4F)c3C)C2)nn1. The summed E-state index contributed by atoms with van der Waals surface area (Å²) in [6, 6.07) is 3.20. The summed E-state index contributed by atoms with van der Waals surface area (Å²) in [6.07, 6.45) is 2.30. The first kappa shape index (κ1) is 21.6. The Kier molecular flexibility index (Phi) is 5.72. The number of methoxy groups -OCH3 is 1. The molecule has 1 aromatic carbocycles. The molecule has 0 bridgehead atoms. The van der Waals surface area contributed by atoms with Crippen molar-refractivity contribution in [3.8, 4) is 5.69 Å². The highest BCUT2D eigenvalue weighted by Gasteiger charge is 2.30. The maximum absolute atomic E-state index is 14.2. The summed E-state index contributed by atoms with van der Waals surface area (Å²) in [4.78, 5) is 26.3. The van der Waals surface area contributed by atoms with Crippen molar-refractivity contribution in [2.24, 2.45) is 0 Å². The van der Waals surface area contributed by atoms with Gasteiger partial charge in [-0.15, -0.1) is 5.10 Å².